The molecule has 10 heteroatoms. The van der Waals surface area contributed by atoms with Gasteiger partial charge in [-0.3, -0.25) is 4.90 Å². The second kappa shape index (κ2) is 9.41. The van der Waals surface area contributed by atoms with Crippen molar-refractivity contribution < 1.29 is 9.47 Å². The predicted octanol–water partition coefficient (Wildman–Crippen LogP) is 3.29. The molecule has 37 heavy (non-hydrogen) atoms. The van der Waals surface area contributed by atoms with E-state index >= 15 is 0 Å². The Labute approximate surface area is 215 Å². The highest BCUT2D eigenvalue weighted by Gasteiger charge is 2.44. The summed E-state index contributed by atoms with van der Waals surface area (Å²) in [6.07, 6.45) is 8.46. The average Bonchev–Trinajstić information content (AvgIpc) is 3.58. The standard InChI is InChI=1S/C27H30N8O2/c1-18(2)17-37-23-9-24(27-20(10-28)12-30-35(27)16-23)34-7-6-25(31-34)32-14-21-8-22(15-32)33(21)13-19-4-5-26(36-3)29-11-19/h4-7,9,11-12,16,18,21-22H,8,13-15,17H2,1-3H3. The van der Waals surface area contributed by atoms with Gasteiger partial charge in [-0.25, -0.2) is 14.2 Å². The number of ether oxygens (including phenoxy) is 2. The van der Waals surface area contributed by atoms with Crippen molar-refractivity contribution in [1.82, 2.24) is 29.3 Å². The van der Waals surface area contributed by atoms with Gasteiger partial charge < -0.3 is 14.4 Å². The molecule has 2 unspecified atom stereocenters. The third kappa shape index (κ3) is 4.36. The van der Waals surface area contributed by atoms with Crippen LogP contribution in [0.2, 0.25) is 0 Å². The lowest BCUT2D eigenvalue weighted by Crippen LogP contribution is -2.68. The Balaban J connectivity index is 1.21. The first-order chi connectivity index (χ1) is 18.0. The molecule has 2 atom stereocenters. The largest absolute Gasteiger partial charge is 0.492 e. The minimum atomic E-state index is 0.397. The van der Waals surface area contributed by atoms with Gasteiger partial charge in [-0.2, -0.15) is 15.5 Å². The number of anilines is 1. The van der Waals surface area contributed by atoms with E-state index in [4.69, 9.17) is 14.6 Å². The zero-order chi connectivity index (χ0) is 25.5. The fourth-order valence-corrected chi connectivity index (χ4v) is 5.26. The van der Waals surface area contributed by atoms with Gasteiger partial charge in [0.05, 0.1) is 37.4 Å². The number of nitriles is 1. The molecule has 0 N–H and O–H groups in total. The van der Waals surface area contributed by atoms with E-state index in [-0.39, 0.29) is 0 Å². The van der Waals surface area contributed by atoms with E-state index in [1.54, 1.807) is 17.8 Å². The Bertz CT molecular complexity index is 1440. The number of piperazine rings is 1. The molecule has 4 aromatic rings. The number of fused-ring (bicyclic) bond motifs is 3. The van der Waals surface area contributed by atoms with Gasteiger partial charge in [-0.15, -0.1) is 0 Å². The molecule has 7 rings (SSSR count). The lowest BCUT2D eigenvalue weighted by atomic mass is 9.87. The van der Waals surface area contributed by atoms with Gasteiger partial charge in [-0.05, 0) is 17.9 Å². The lowest BCUT2D eigenvalue weighted by Gasteiger charge is -2.56. The zero-order valence-electron chi connectivity index (χ0n) is 21.3. The first-order valence-electron chi connectivity index (χ1n) is 12.6. The van der Waals surface area contributed by atoms with Crippen molar-refractivity contribution in [2.45, 2.75) is 38.9 Å². The highest BCUT2D eigenvalue weighted by Crippen LogP contribution is 2.36. The van der Waals surface area contributed by atoms with Crippen molar-refractivity contribution in [3.05, 3.63) is 60.2 Å². The highest BCUT2D eigenvalue weighted by molar-refractivity contribution is 5.73. The Kier molecular flexibility index (Phi) is 5.93. The molecule has 3 aliphatic heterocycles. The summed E-state index contributed by atoms with van der Waals surface area (Å²) in [5.74, 6) is 2.67. The summed E-state index contributed by atoms with van der Waals surface area (Å²) >= 11 is 0. The van der Waals surface area contributed by atoms with Gasteiger partial charge in [0.1, 0.15) is 17.3 Å². The van der Waals surface area contributed by atoms with Crippen LogP contribution in [0, 0.1) is 17.2 Å². The second-order valence-electron chi connectivity index (χ2n) is 10.2. The Morgan fingerprint density at radius 1 is 1.16 bits per heavy atom. The first kappa shape index (κ1) is 23.3. The maximum atomic E-state index is 9.65. The quantitative estimate of drug-likeness (QED) is 0.365. The van der Waals surface area contributed by atoms with Crippen molar-refractivity contribution in [2.24, 2.45) is 5.92 Å². The van der Waals surface area contributed by atoms with E-state index in [0.29, 0.717) is 41.8 Å². The first-order valence-corrected chi connectivity index (χ1v) is 12.6. The molecule has 3 saturated heterocycles. The van der Waals surface area contributed by atoms with E-state index in [0.717, 1.165) is 36.7 Å². The maximum Gasteiger partial charge on any atom is 0.212 e. The molecular weight excluding hydrogens is 468 g/mol. The van der Waals surface area contributed by atoms with Crippen LogP contribution in [0.5, 0.6) is 11.6 Å². The van der Waals surface area contributed by atoms with Crippen LogP contribution >= 0.6 is 0 Å². The molecule has 0 spiro atoms. The molecule has 190 valence electrons. The molecule has 10 nitrogen and oxygen atoms in total. The van der Waals surface area contributed by atoms with Gasteiger partial charge in [-0.1, -0.05) is 19.9 Å². The fraction of sp³-hybridized carbons (Fsp3) is 0.407. The van der Waals surface area contributed by atoms with Crippen LogP contribution in [-0.2, 0) is 6.54 Å². The Morgan fingerprint density at radius 2 is 2.00 bits per heavy atom. The molecule has 2 bridgehead atoms. The van der Waals surface area contributed by atoms with Crippen molar-refractivity contribution in [1.29, 1.82) is 5.26 Å². The summed E-state index contributed by atoms with van der Waals surface area (Å²) in [6, 6.07) is 11.2. The van der Waals surface area contributed by atoms with Gasteiger partial charge in [0.25, 0.3) is 0 Å². The monoisotopic (exact) mass is 498 g/mol. The van der Waals surface area contributed by atoms with Crippen LogP contribution in [0.4, 0.5) is 5.82 Å². The van der Waals surface area contributed by atoms with Crippen LogP contribution in [0.1, 0.15) is 31.4 Å². The molecule has 3 fully saturated rings. The molecule has 0 radical (unpaired) electrons. The number of hydrogen-bond acceptors (Lipinski definition) is 8. The Hall–Kier alpha value is -4.10. The summed E-state index contributed by atoms with van der Waals surface area (Å²) < 4.78 is 14.7. The molecule has 0 amide bonds. The summed E-state index contributed by atoms with van der Waals surface area (Å²) in [5, 5.41) is 19.0. The van der Waals surface area contributed by atoms with Gasteiger partial charge in [0, 0.05) is 62.3 Å². The Morgan fingerprint density at radius 3 is 2.70 bits per heavy atom. The van der Waals surface area contributed by atoms with Gasteiger partial charge >= 0.3 is 0 Å². The van der Waals surface area contributed by atoms with Crippen LogP contribution < -0.4 is 14.4 Å². The molecule has 7 heterocycles. The van der Waals surface area contributed by atoms with E-state index in [9.17, 15) is 5.26 Å². The smallest absolute Gasteiger partial charge is 0.212 e. The zero-order valence-corrected chi connectivity index (χ0v) is 21.3. The normalized spacial score (nSPS) is 19.2. The minimum absolute atomic E-state index is 0.397. The third-order valence-electron chi connectivity index (χ3n) is 7.13. The van der Waals surface area contributed by atoms with Gasteiger partial charge in [0.15, 0.2) is 5.82 Å². The highest BCUT2D eigenvalue weighted by atomic mass is 16.5. The number of nitrogens with zero attached hydrogens (tertiary/aromatic N) is 8. The number of methoxy groups -OCH3 is 1. The van der Waals surface area contributed by atoms with Crippen molar-refractivity contribution in [2.75, 3.05) is 31.7 Å². The van der Waals surface area contributed by atoms with Crippen LogP contribution in [-0.4, -0.2) is 68.2 Å². The van der Waals surface area contributed by atoms with Crippen LogP contribution in [0.25, 0.3) is 11.2 Å². The number of rotatable bonds is 8. The van der Waals surface area contributed by atoms with Crippen molar-refractivity contribution >= 4 is 11.3 Å². The molecule has 3 aliphatic rings. The molecular formula is C27H30N8O2. The van der Waals surface area contributed by atoms with Gasteiger partial charge in [0.2, 0.25) is 5.88 Å². The minimum Gasteiger partial charge on any atom is -0.492 e. The lowest BCUT2D eigenvalue weighted by molar-refractivity contribution is -0.00878. The average molecular weight is 499 g/mol. The maximum absolute atomic E-state index is 9.65. The number of aromatic nitrogens is 5. The van der Waals surface area contributed by atoms with Crippen LogP contribution in [0.15, 0.2) is 49.1 Å². The summed E-state index contributed by atoms with van der Waals surface area (Å²) in [6.45, 7) is 7.58. The van der Waals surface area contributed by atoms with Crippen LogP contribution in [0.3, 0.4) is 0 Å². The number of pyridine rings is 2. The van der Waals surface area contributed by atoms with E-state index < -0.39 is 0 Å². The number of piperidine rings is 1. The summed E-state index contributed by atoms with van der Waals surface area (Å²) in [5.41, 5.74) is 3.20. The number of hydrogen-bond donors (Lipinski definition) is 0. The third-order valence-corrected chi connectivity index (χ3v) is 7.13. The van der Waals surface area contributed by atoms with E-state index in [1.807, 2.05) is 41.5 Å². The SMILES string of the molecule is COc1ccc(CN2C3CC2CN(c2ccn(-c4cc(OCC(C)C)cn5ncc(C#N)c45)n2)C3)cn1. The van der Waals surface area contributed by atoms with E-state index in [2.05, 4.69) is 45.9 Å². The van der Waals surface area contributed by atoms with Crippen molar-refractivity contribution in [3.8, 4) is 23.4 Å². The fourth-order valence-electron chi connectivity index (χ4n) is 5.26. The molecule has 4 aromatic heterocycles. The topological polar surface area (TPSA) is 96.7 Å². The van der Waals surface area contributed by atoms with Crippen molar-refractivity contribution in [3.63, 3.8) is 0 Å². The molecule has 0 aliphatic carbocycles. The molecule has 0 saturated carbocycles. The predicted molar refractivity (Wildman–Crippen MR) is 138 cm³/mol. The summed E-state index contributed by atoms with van der Waals surface area (Å²) in [4.78, 5) is 9.26. The summed E-state index contributed by atoms with van der Waals surface area (Å²) in [7, 11) is 1.63. The van der Waals surface area contributed by atoms with E-state index in [1.165, 1.54) is 12.0 Å². The second-order valence-corrected chi connectivity index (χ2v) is 10.2. The molecule has 0 aromatic carbocycles.